The average molecular weight is 377 g/mol. The number of carbonyl (C=O) groups is 1. The predicted molar refractivity (Wildman–Crippen MR) is 97.8 cm³/mol. The molecular formula is C19H23NO7. The predicted octanol–water partition coefficient (Wildman–Crippen LogP) is 2.03. The van der Waals surface area contributed by atoms with Crippen LogP contribution in [0.3, 0.4) is 0 Å². The highest BCUT2D eigenvalue weighted by molar-refractivity contribution is 5.91. The lowest BCUT2D eigenvalue weighted by molar-refractivity contribution is -0.271. The van der Waals surface area contributed by atoms with Gasteiger partial charge in [0.1, 0.15) is 23.1 Å². The van der Waals surface area contributed by atoms with E-state index in [-0.39, 0.29) is 17.7 Å². The van der Waals surface area contributed by atoms with E-state index in [1.54, 1.807) is 25.3 Å². The van der Waals surface area contributed by atoms with Gasteiger partial charge in [0.2, 0.25) is 12.2 Å². The van der Waals surface area contributed by atoms with Gasteiger partial charge in [-0.05, 0) is 32.0 Å². The van der Waals surface area contributed by atoms with Gasteiger partial charge in [-0.3, -0.25) is 4.79 Å². The second-order valence-corrected chi connectivity index (χ2v) is 7.06. The fourth-order valence-corrected chi connectivity index (χ4v) is 3.13. The van der Waals surface area contributed by atoms with Gasteiger partial charge < -0.3 is 29.1 Å². The number of rotatable bonds is 4. The van der Waals surface area contributed by atoms with E-state index >= 15 is 0 Å². The van der Waals surface area contributed by atoms with Gasteiger partial charge in [-0.1, -0.05) is 0 Å². The number of hydrogen-bond acceptors (Lipinski definition) is 7. The number of hydrogen-bond donors (Lipinski definition) is 2. The largest absolute Gasteiger partial charge is 0.462 e. The summed E-state index contributed by atoms with van der Waals surface area (Å²) in [6, 6.07) is 6.44. The Morgan fingerprint density at radius 3 is 2.74 bits per heavy atom. The van der Waals surface area contributed by atoms with Crippen LogP contribution in [0.25, 0.3) is 11.0 Å². The molecular weight excluding hydrogens is 354 g/mol. The van der Waals surface area contributed by atoms with Crippen LogP contribution in [-0.2, 0) is 14.3 Å². The van der Waals surface area contributed by atoms with E-state index in [9.17, 15) is 14.7 Å². The molecule has 0 spiro atoms. The first-order chi connectivity index (χ1) is 12.7. The van der Waals surface area contributed by atoms with E-state index in [1.165, 1.54) is 13.0 Å². The number of amides is 1. The Morgan fingerprint density at radius 1 is 1.33 bits per heavy atom. The minimum Gasteiger partial charge on any atom is -0.462 e. The van der Waals surface area contributed by atoms with Crippen molar-refractivity contribution in [2.75, 3.05) is 12.4 Å². The van der Waals surface area contributed by atoms with E-state index in [4.69, 9.17) is 18.6 Å². The van der Waals surface area contributed by atoms with Crippen molar-refractivity contribution in [3.63, 3.8) is 0 Å². The number of nitrogens with one attached hydrogen (secondary N) is 1. The van der Waals surface area contributed by atoms with E-state index in [2.05, 4.69) is 5.32 Å². The molecule has 1 saturated heterocycles. The summed E-state index contributed by atoms with van der Waals surface area (Å²) in [4.78, 5) is 23.1. The second-order valence-electron chi connectivity index (χ2n) is 7.06. The molecule has 0 bridgehead atoms. The molecule has 0 unspecified atom stereocenters. The number of carbonyl (C=O) groups excluding carboxylic acids is 1. The normalized spacial score (nSPS) is 24.6. The van der Waals surface area contributed by atoms with Gasteiger partial charge in [0.05, 0.1) is 11.7 Å². The molecule has 2 aromatic rings. The third-order valence-corrected chi connectivity index (χ3v) is 4.52. The highest BCUT2D eigenvalue weighted by Crippen LogP contribution is 2.32. The summed E-state index contributed by atoms with van der Waals surface area (Å²) < 4.78 is 22.3. The Hall–Kier alpha value is -2.42. The van der Waals surface area contributed by atoms with Crippen LogP contribution in [0.1, 0.15) is 27.2 Å². The van der Waals surface area contributed by atoms with Gasteiger partial charge >= 0.3 is 5.63 Å². The number of fused-ring (bicyclic) bond motifs is 1. The molecule has 8 nitrogen and oxygen atoms in total. The SMILES string of the molecule is CO[C@@H]1C[C@@H](O)[C@H](Oc2ccc3cc(NC(C)=O)c(=O)oc3c2)OC1(C)C. The molecule has 0 saturated carbocycles. The van der Waals surface area contributed by atoms with Crippen LogP contribution in [0.15, 0.2) is 33.5 Å². The summed E-state index contributed by atoms with van der Waals surface area (Å²) in [6.45, 7) is 5.05. The van der Waals surface area contributed by atoms with Crippen molar-refractivity contribution < 1.29 is 28.5 Å². The first-order valence-corrected chi connectivity index (χ1v) is 8.60. The summed E-state index contributed by atoms with van der Waals surface area (Å²) in [5.74, 6) is 0.0238. The van der Waals surface area contributed by atoms with Crippen LogP contribution < -0.4 is 15.7 Å². The van der Waals surface area contributed by atoms with Crippen LogP contribution in [0.5, 0.6) is 5.75 Å². The Bertz CT molecular complexity index is 905. The number of anilines is 1. The molecule has 1 amide bonds. The van der Waals surface area contributed by atoms with Gasteiger partial charge in [-0.15, -0.1) is 0 Å². The zero-order valence-electron chi connectivity index (χ0n) is 15.6. The first-order valence-electron chi connectivity index (χ1n) is 8.60. The number of aliphatic hydroxyl groups excluding tert-OH is 1. The van der Waals surface area contributed by atoms with Crippen LogP contribution in [-0.4, -0.2) is 42.2 Å². The Balaban J connectivity index is 1.83. The second kappa shape index (κ2) is 7.30. The van der Waals surface area contributed by atoms with Gasteiger partial charge in [0.15, 0.2) is 0 Å². The molecule has 0 aliphatic carbocycles. The van der Waals surface area contributed by atoms with Crippen molar-refractivity contribution in [3.05, 3.63) is 34.7 Å². The lowest BCUT2D eigenvalue weighted by Gasteiger charge is -2.43. The quantitative estimate of drug-likeness (QED) is 0.785. The Labute approximate surface area is 156 Å². The molecule has 146 valence electrons. The first kappa shape index (κ1) is 19.3. The molecule has 8 heteroatoms. The van der Waals surface area contributed by atoms with E-state index in [0.717, 1.165) is 0 Å². The number of benzene rings is 1. The van der Waals surface area contributed by atoms with Crippen molar-refractivity contribution >= 4 is 22.6 Å². The third kappa shape index (κ3) is 4.13. The zero-order chi connectivity index (χ0) is 19.8. The number of aliphatic hydroxyl groups is 1. The van der Waals surface area contributed by atoms with E-state index in [1.807, 2.05) is 13.8 Å². The molecule has 1 aromatic carbocycles. The highest BCUT2D eigenvalue weighted by Gasteiger charge is 2.44. The van der Waals surface area contributed by atoms with Crippen molar-refractivity contribution in [3.8, 4) is 5.75 Å². The standard InChI is InChI=1S/C19H23NO7/c1-10(21)20-13-7-11-5-6-12(8-15(11)26-17(13)23)25-18-14(22)9-16(24-4)19(2,3)27-18/h5-8,14,16,18,22H,9H2,1-4H3,(H,20,21)/t14-,16-,18-/m1/s1. The summed E-state index contributed by atoms with van der Waals surface area (Å²) in [5, 5.41) is 13.3. The molecule has 1 aromatic heterocycles. The third-order valence-electron chi connectivity index (χ3n) is 4.52. The fourth-order valence-electron chi connectivity index (χ4n) is 3.13. The van der Waals surface area contributed by atoms with Crippen LogP contribution in [0, 0.1) is 0 Å². The van der Waals surface area contributed by atoms with Crippen LogP contribution >= 0.6 is 0 Å². The van der Waals surface area contributed by atoms with Gasteiger partial charge in [-0.2, -0.15) is 0 Å². The van der Waals surface area contributed by atoms with Gasteiger partial charge in [0.25, 0.3) is 0 Å². The van der Waals surface area contributed by atoms with Crippen molar-refractivity contribution in [2.24, 2.45) is 0 Å². The zero-order valence-corrected chi connectivity index (χ0v) is 15.6. The van der Waals surface area contributed by atoms with Crippen molar-refractivity contribution in [2.45, 2.75) is 51.3 Å². The van der Waals surface area contributed by atoms with E-state index < -0.39 is 23.6 Å². The smallest absolute Gasteiger partial charge is 0.360 e. The molecule has 1 fully saturated rings. The van der Waals surface area contributed by atoms with Crippen LogP contribution in [0.4, 0.5) is 5.69 Å². The average Bonchev–Trinajstić information content (AvgIpc) is 2.58. The lowest BCUT2D eigenvalue weighted by Crippen LogP contribution is -2.55. The number of methoxy groups -OCH3 is 1. The lowest BCUT2D eigenvalue weighted by atomic mass is 9.92. The van der Waals surface area contributed by atoms with Crippen molar-refractivity contribution in [1.29, 1.82) is 0 Å². The summed E-state index contributed by atoms with van der Waals surface area (Å²) in [6.07, 6.45) is -1.63. The molecule has 1 aliphatic rings. The molecule has 0 radical (unpaired) electrons. The molecule has 3 atom stereocenters. The van der Waals surface area contributed by atoms with Crippen molar-refractivity contribution in [1.82, 2.24) is 0 Å². The molecule has 3 rings (SSSR count). The monoisotopic (exact) mass is 377 g/mol. The minimum atomic E-state index is -0.880. The summed E-state index contributed by atoms with van der Waals surface area (Å²) >= 11 is 0. The Kier molecular flexibility index (Phi) is 5.23. The Morgan fingerprint density at radius 2 is 2.07 bits per heavy atom. The summed E-state index contributed by atoms with van der Waals surface area (Å²) in [5.41, 5.74) is -0.921. The molecule has 1 aliphatic heterocycles. The summed E-state index contributed by atoms with van der Waals surface area (Å²) in [7, 11) is 1.57. The molecule has 27 heavy (non-hydrogen) atoms. The maximum Gasteiger partial charge on any atom is 0.360 e. The van der Waals surface area contributed by atoms with Gasteiger partial charge in [0, 0.05) is 31.9 Å². The fraction of sp³-hybridized carbons (Fsp3) is 0.474. The van der Waals surface area contributed by atoms with Gasteiger partial charge in [-0.25, -0.2) is 4.79 Å². The molecule has 2 heterocycles. The highest BCUT2D eigenvalue weighted by atomic mass is 16.7. The van der Waals surface area contributed by atoms with Crippen LogP contribution in [0.2, 0.25) is 0 Å². The topological polar surface area (TPSA) is 107 Å². The maximum atomic E-state index is 12.0. The minimum absolute atomic E-state index is 0.0714. The van der Waals surface area contributed by atoms with E-state index in [0.29, 0.717) is 23.1 Å². The number of ether oxygens (including phenoxy) is 3. The molecule has 2 N–H and O–H groups in total. The maximum absolute atomic E-state index is 12.0.